The summed E-state index contributed by atoms with van der Waals surface area (Å²) in [5.74, 6) is -0.0180. The van der Waals surface area contributed by atoms with Crippen LogP contribution in [0, 0.1) is 0 Å². The number of carbonyl (C=O) groups is 1. The second kappa shape index (κ2) is 2.19. The van der Waals surface area contributed by atoms with Gasteiger partial charge in [-0.2, -0.15) is 0 Å². The van der Waals surface area contributed by atoms with Crippen molar-refractivity contribution in [3.63, 3.8) is 0 Å². The molecule has 0 atom stereocenters. The van der Waals surface area contributed by atoms with Gasteiger partial charge in [-0.3, -0.25) is 9.79 Å². The molecule has 0 saturated heterocycles. The number of nitrogens with zero attached hydrogens (tertiary/aromatic N) is 1. The van der Waals surface area contributed by atoms with Crippen LogP contribution in [0.3, 0.4) is 0 Å². The molecule has 0 unspecified atom stereocenters. The molecular formula is C9H5NO. The second-order valence-corrected chi connectivity index (χ2v) is 2.24. The Morgan fingerprint density at radius 3 is 3.09 bits per heavy atom. The molecule has 52 valence electrons. The number of rotatable bonds is 0. The number of carbonyl (C=O) groups excluding carboxylic acids is 1. The van der Waals surface area contributed by atoms with Crippen LogP contribution in [0.4, 0.5) is 0 Å². The van der Waals surface area contributed by atoms with Crippen LogP contribution in [0.25, 0.3) is 0 Å². The van der Waals surface area contributed by atoms with E-state index < -0.39 is 0 Å². The molecule has 2 nitrogen and oxygen atoms in total. The first-order valence-electron chi connectivity index (χ1n) is 3.30. The van der Waals surface area contributed by atoms with Gasteiger partial charge >= 0.3 is 0 Å². The maximum Gasteiger partial charge on any atom is 0.197 e. The minimum atomic E-state index is -0.0180. The summed E-state index contributed by atoms with van der Waals surface area (Å²) in [6.45, 7) is 0. The van der Waals surface area contributed by atoms with Gasteiger partial charge in [-0.25, -0.2) is 0 Å². The quantitative estimate of drug-likeness (QED) is 0.468. The van der Waals surface area contributed by atoms with Gasteiger partial charge in [0, 0.05) is 12.3 Å². The van der Waals surface area contributed by atoms with Crippen LogP contribution < -0.4 is 0 Å². The molecule has 0 amide bonds. The van der Waals surface area contributed by atoms with Crippen LogP contribution in [0.5, 0.6) is 0 Å². The Labute approximate surface area is 63.9 Å². The van der Waals surface area contributed by atoms with E-state index in [1.807, 2.05) is 6.08 Å². The smallest absolute Gasteiger partial charge is 0.197 e. The first kappa shape index (κ1) is 6.08. The van der Waals surface area contributed by atoms with E-state index in [2.05, 4.69) is 10.7 Å². The maximum absolute atomic E-state index is 11.1. The van der Waals surface area contributed by atoms with Gasteiger partial charge in [-0.1, -0.05) is 6.08 Å². The van der Waals surface area contributed by atoms with Crippen molar-refractivity contribution >= 4 is 11.5 Å². The van der Waals surface area contributed by atoms with E-state index in [4.69, 9.17) is 0 Å². The van der Waals surface area contributed by atoms with E-state index in [9.17, 15) is 4.79 Å². The van der Waals surface area contributed by atoms with Crippen molar-refractivity contribution in [3.8, 4) is 0 Å². The molecular weight excluding hydrogens is 138 g/mol. The van der Waals surface area contributed by atoms with Gasteiger partial charge in [0.05, 0.1) is 11.3 Å². The first-order valence-corrected chi connectivity index (χ1v) is 3.30. The van der Waals surface area contributed by atoms with E-state index in [1.54, 1.807) is 12.2 Å². The molecule has 1 aliphatic heterocycles. The van der Waals surface area contributed by atoms with Crippen molar-refractivity contribution in [1.29, 1.82) is 0 Å². The third kappa shape index (κ3) is 0.896. The predicted octanol–water partition coefficient (Wildman–Crippen LogP) is 1.18. The summed E-state index contributed by atoms with van der Waals surface area (Å²) in [6.07, 6.45) is 8.28. The SMILES string of the molecule is O=C1C=CN=C2C=CC=C=C12. The lowest BCUT2D eigenvalue weighted by molar-refractivity contribution is -0.110. The van der Waals surface area contributed by atoms with E-state index in [-0.39, 0.29) is 5.78 Å². The summed E-state index contributed by atoms with van der Waals surface area (Å²) < 4.78 is 0. The number of allylic oxidation sites excluding steroid dienone is 4. The summed E-state index contributed by atoms with van der Waals surface area (Å²) in [7, 11) is 0. The Bertz CT molecular complexity index is 363. The lowest BCUT2D eigenvalue weighted by atomic mass is 10.0. The van der Waals surface area contributed by atoms with Crippen LogP contribution in [0.1, 0.15) is 0 Å². The van der Waals surface area contributed by atoms with Crippen LogP contribution in [0.2, 0.25) is 0 Å². The van der Waals surface area contributed by atoms with Crippen LogP contribution >= 0.6 is 0 Å². The van der Waals surface area contributed by atoms with Gasteiger partial charge in [0.15, 0.2) is 5.78 Å². The fraction of sp³-hybridized carbons (Fsp3) is 0. The summed E-state index contributed by atoms with van der Waals surface area (Å²) in [4.78, 5) is 15.1. The zero-order valence-corrected chi connectivity index (χ0v) is 5.74. The zero-order valence-electron chi connectivity index (χ0n) is 5.74. The molecule has 0 fully saturated rings. The molecule has 1 heterocycles. The molecule has 0 radical (unpaired) electrons. The Morgan fingerprint density at radius 2 is 2.27 bits per heavy atom. The van der Waals surface area contributed by atoms with Gasteiger partial charge in [-0.15, -0.1) is 5.73 Å². The highest BCUT2D eigenvalue weighted by Crippen LogP contribution is 2.10. The highest BCUT2D eigenvalue weighted by molar-refractivity contribution is 6.31. The third-order valence-electron chi connectivity index (χ3n) is 1.52. The van der Waals surface area contributed by atoms with Crippen LogP contribution in [0.15, 0.2) is 46.8 Å². The Balaban J connectivity index is 2.63. The van der Waals surface area contributed by atoms with Crippen molar-refractivity contribution < 1.29 is 4.79 Å². The van der Waals surface area contributed by atoms with Gasteiger partial charge in [0.1, 0.15) is 0 Å². The number of fused-ring (bicyclic) bond motifs is 1. The average Bonchev–Trinajstić information content (AvgIpc) is 2.06. The van der Waals surface area contributed by atoms with Crippen molar-refractivity contribution in [2.45, 2.75) is 0 Å². The maximum atomic E-state index is 11.1. The molecule has 2 heteroatoms. The van der Waals surface area contributed by atoms with Gasteiger partial charge in [-0.05, 0) is 12.2 Å². The summed E-state index contributed by atoms with van der Waals surface area (Å²) in [5, 5.41) is 0. The summed E-state index contributed by atoms with van der Waals surface area (Å²) in [5.41, 5.74) is 4.12. The normalized spacial score (nSPS) is 19.5. The molecule has 0 aromatic carbocycles. The first-order chi connectivity index (χ1) is 5.38. The molecule has 2 aliphatic rings. The Morgan fingerprint density at radius 1 is 1.36 bits per heavy atom. The van der Waals surface area contributed by atoms with E-state index in [1.165, 1.54) is 12.3 Å². The summed E-state index contributed by atoms with van der Waals surface area (Å²) in [6, 6.07) is 0. The molecule has 0 saturated carbocycles. The Hall–Kier alpha value is -1.66. The number of hydrogen-bond acceptors (Lipinski definition) is 2. The van der Waals surface area contributed by atoms with Crippen molar-refractivity contribution in [1.82, 2.24) is 0 Å². The minimum absolute atomic E-state index is 0.0180. The largest absolute Gasteiger partial charge is 0.288 e. The van der Waals surface area contributed by atoms with Crippen molar-refractivity contribution in [3.05, 3.63) is 41.8 Å². The Kier molecular flexibility index (Phi) is 1.21. The third-order valence-corrected chi connectivity index (χ3v) is 1.52. The minimum Gasteiger partial charge on any atom is -0.288 e. The predicted molar refractivity (Wildman–Crippen MR) is 42.3 cm³/mol. The highest BCUT2D eigenvalue weighted by Gasteiger charge is 2.14. The lowest BCUT2D eigenvalue weighted by Crippen LogP contribution is -2.11. The molecule has 2 rings (SSSR count). The topological polar surface area (TPSA) is 29.4 Å². The number of ketones is 1. The molecule has 0 spiro atoms. The van der Waals surface area contributed by atoms with Gasteiger partial charge in [0.2, 0.25) is 0 Å². The fourth-order valence-electron chi connectivity index (χ4n) is 1.00. The monoisotopic (exact) mass is 143 g/mol. The molecule has 0 aromatic rings. The van der Waals surface area contributed by atoms with Crippen LogP contribution in [-0.2, 0) is 4.79 Å². The average molecular weight is 143 g/mol. The molecule has 11 heavy (non-hydrogen) atoms. The fourth-order valence-corrected chi connectivity index (χ4v) is 1.00. The molecule has 0 N–H and O–H groups in total. The number of aliphatic imine (C=N–C) groups is 1. The summed E-state index contributed by atoms with van der Waals surface area (Å²) >= 11 is 0. The van der Waals surface area contributed by atoms with Crippen LogP contribution in [-0.4, -0.2) is 11.5 Å². The van der Waals surface area contributed by atoms with Gasteiger partial charge in [0.25, 0.3) is 0 Å². The van der Waals surface area contributed by atoms with E-state index >= 15 is 0 Å². The molecule has 0 aromatic heterocycles. The van der Waals surface area contributed by atoms with Gasteiger partial charge < -0.3 is 0 Å². The lowest BCUT2D eigenvalue weighted by Gasteiger charge is -2.05. The molecule has 0 bridgehead atoms. The van der Waals surface area contributed by atoms with Crippen molar-refractivity contribution in [2.75, 3.05) is 0 Å². The highest BCUT2D eigenvalue weighted by atomic mass is 16.1. The second-order valence-electron chi connectivity index (χ2n) is 2.24. The standard InChI is InChI=1S/C9H5NO/c11-9-5-6-10-8-4-2-1-3-7(8)9/h1-2,4-6H. The molecule has 1 aliphatic carbocycles. The number of hydrogen-bond donors (Lipinski definition) is 0. The van der Waals surface area contributed by atoms with Crippen molar-refractivity contribution in [2.24, 2.45) is 4.99 Å². The van der Waals surface area contributed by atoms with E-state index in [0.29, 0.717) is 11.3 Å². The zero-order chi connectivity index (χ0) is 7.68. The van der Waals surface area contributed by atoms with E-state index in [0.717, 1.165) is 0 Å².